The van der Waals surface area contributed by atoms with Crippen molar-refractivity contribution in [1.82, 2.24) is 19.3 Å². The van der Waals surface area contributed by atoms with E-state index in [0.29, 0.717) is 24.9 Å². The molecule has 23 heavy (non-hydrogen) atoms. The first-order chi connectivity index (χ1) is 10.7. The highest BCUT2D eigenvalue weighted by Crippen LogP contribution is 2.62. The van der Waals surface area contributed by atoms with Gasteiger partial charge in [-0.05, 0) is 23.3 Å². The Hall–Kier alpha value is -2.00. The van der Waals surface area contributed by atoms with E-state index in [1.54, 1.807) is 0 Å². The van der Waals surface area contributed by atoms with Crippen molar-refractivity contribution in [2.75, 3.05) is 13.1 Å². The quantitative estimate of drug-likeness (QED) is 0.794. The molecular formula is C14H16N4O4S. The molecule has 8 nitrogen and oxygen atoms in total. The van der Waals surface area contributed by atoms with Crippen LogP contribution in [0.5, 0.6) is 0 Å². The van der Waals surface area contributed by atoms with Gasteiger partial charge in [0.25, 0.3) is 5.56 Å². The van der Waals surface area contributed by atoms with E-state index in [2.05, 4.69) is 28.8 Å². The van der Waals surface area contributed by atoms with Gasteiger partial charge in [0.05, 0.1) is 5.39 Å². The third kappa shape index (κ3) is 1.99. The minimum Gasteiger partial charge on any atom is -0.291 e. The molecule has 0 radical (unpaired) electrons. The first-order valence-corrected chi connectivity index (χ1v) is 8.78. The van der Waals surface area contributed by atoms with Gasteiger partial charge in [-0.25, -0.2) is 18.2 Å². The van der Waals surface area contributed by atoms with Gasteiger partial charge in [-0.3, -0.25) is 14.8 Å². The van der Waals surface area contributed by atoms with Crippen molar-refractivity contribution in [3.63, 3.8) is 0 Å². The molecule has 0 amide bonds. The second kappa shape index (κ2) is 4.30. The molecule has 2 fully saturated rings. The summed E-state index contributed by atoms with van der Waals surface area (Å²) in [6.45, 7) is 5.31. The van der Waals surface area contributed by atoms with Gasteiger partial charge in [-0.15, -0.1) is 0 Å². The van der Waals surface area contributed by atoms with Gasteiger partial charge in [0, 0.05) is 19.3 Å². The Balaban J connectivity index is 1.74. The minimum absolute atomic E-state index is 0.0262. The summed E-state index contributed by atoms with van der Waals surface area (Å²) in [6.07, 6.45) is 1.18. The summed E-state index contributed by atoms with van der Waals surface area (Å²) in [7, 11) is -3.68. The van der Waals surface area contributed by atoms with E-state index in [-0.39, 0.29) is 21.3 Å². The Morgan fingerprint density at radius 3 is 2.52 bits per heavy atom. The summed E-state index contributed by atoms with van der Waals surface area (Å²) in [5, 5.41) is 0.0513. The van der Waals surface area contributed by atoms with Gasteiger partial charge in [0.15, 0.2) is 0 Å². The summed E-state index contributed by atoms with van der Waals surface area (Å²) in [4.78, 5) is 31.4. The average molecular weight is 336 g/mol. The first-order valence-electron chi connectivity index (χ1n) is 7.34. The van der Waals surface area contributed by atoms with Crippen molar-refractivity contribution >= 4 is 21.1 Å². The Morgan fingerprint density at radius 1 is 1.22 bits per heavy atom. The number of fused-ring (bicyclic) bond motifs is 2. The van der Waals surface area contributed by atoms with Crippen LogP contribution in [0.3, 0.4) is 0 Å². The molecule has 1 saturated carbocycles. The van der Waals surface area contributed by atoms with E-state index in [1.807, 2.05) is 0 Å². The number of nitrogens with zero attached hydrogens (tertiary/aromatic N) is 2. The number of hydrogen-bond donors (Lipinski definition) is 2. The molecule has 1 aliphatic heterocycles. The maximum absolute atomic E-state index is 12.7. The van der Waals surface area contributed by atoms with Crippen LogP contribution in [0.1, 0.15) is 13.8 Å². The lowest BCUT2D eigenvalue weighted by atomic mass is 10.1. The summed E-state index contributed by atoms with van der Waals surface area (Å²) in [6, 6.07) is 1.27. The van der Waals surface area contributed by atoms with E-state index in [0.717, 1.165) is 0 Å². The molecule has 2 unspecified atom stereocenters. The van der Waals surface area contributed by atoms with Crippen LogP contribution < -0.4 is 11.2 Å². The van der Waals surface area contributed by atoms with Crippen molar-refractivity contribution in [3.8, 4) is 0 Å². The standard InChI is InChI=1S/C14H16N4O4S/c1-14(2)9-5-18(6-10(9)14)23(21,22)7-3-8-11(15-4-7)16-13(20)17-12(8)19/h3-4,9-10H,5-6H2,1-2H3,(H2,15,16,17,19,20). The maximum atomic E-state index is 12.7. The normalized spacial score (nSPS) is 26.3. The molecule has 122 valence electrons. The summed E-state index contributed by atoms with van der Waals surface area (Å²) < 4.78 is 26.9. The van der Waals surface area contributed by atoms with Crippen LogP contribution in [0.25, 0.3) is 11.0 Å². The molecule has 2 aromatic rings. The highest BCUT2D eigenvalue weighted by molar-refractivity contribution is 7.89. The fraction of sp³-hybridized carbons (Fsp3) is 0.500. The van der Waals surface area contributed by atoms with Crippen molar-refractivity contribution in [3.05, 3.63) is 33.1 Å². The van der Waals surface area contributed by atoms with Gasteiger partial charge in [0.1, 0.15) is 10.5 Å². The second-order valence-corrected chi connectivity index (χ2v) is 8.77. The zero-order valence-electron chi connectivity index (χ0n) is 12.7. The van der Waals surface area contributed by atoms with Crippen molar-refractivity contribution in [2.24, 2.45) is 17.3 Å². The minimum atomic E-state index is -3.68. The number of hydrogen-bond acceptors (Lipinski definition) is 5. The molecule has 2 N–H and O–H groups in total. The lowest BCUT2D eigenvalue weighted by Gasteiger charge is -2.21. The lowest BCUT2D eigenvalue weighted by Crippen LogP contribution is -2.33. The van der Waals surface area contributed by atoms with Crippen LogP contribution in [0.15, 0.2) is 26.7 Å². The average Bonchev–Trinajstić information content (AvgIpc) is 2.86. The number of pyridine rings is 1. The Morgan fingerprint density at radius 2 is 1.87 bits per heavy atom. The Labute approximate surface area is 131 Å². The van der Waals surface area contributed by atoms with E-state index >= 15 is 0 Å². The number of H-pyrrole nitrogens is 2. The van der Waals surface area contributed by atoms with E-state index < -0.39 is 21.3 Å². The molecule has 0 bridgehead atoms. The number of aromatic amines is 2. The predicted molar refractivity (Wildman–Crippen MR) is 82.5 cm³/mol. The van der Waals surface area contributed by atoms with Crippen LogP contribution >= 0.6 is 0 Å². The number of aromatic nitrogens is 3. The number of sulfonamides is 1. The second-order valence-electron chi connectivity index (χ2n) is 6.83. The highest BCUT2D eigenvalue weighted by Gasteiger charge is 2.63. The van der Waals surface area contributed by atoms with Crippen molar-refractivity contribution < 1.29 is 8.42 Å². The van der Waals surface area contributed by atoms with E-state index in [1.165, 1.54) is 16.6 Å². The smallest absolute Gasteiger partial charge is 0.291 e. The van der Waals surface area contributed by atoms with E-state index in [4.69, 9.17) is 0 Å². The molecule has 1 saturated heterocycles. The van der Waals surface area contributed by atoms with Gasteiger partial charge in [-0.2, -0.15) is 4.31 Å². The molecule has 2 aliphatic rings. The molecule has 0 aromatic carbocycles. The van der Waals surface area contributed by atoms with Gasteiger partial charge < -0.3 is 0 Å². The first kappa shape index (κ1) is 14.6. The summed E-state index contributed by atoms with van der Waals surface area (Å²) in [5.41, 5.74) is -1.04. The van der Waals surface area contributed by atoms with Crippen LogP contribution in [0.4, 0.5) is 0 Å². The molecule has 9 heteroatoms. The molecule has 2 atom stereocenters. The highest BCUT2D eigenvalue weighted by atomic mass is 32.2. The summed E-state index contributed by atoms with van der Waals surface area (Å²) >= 11 is 0. The van der Waals surface area contributed by atoms with Crippen LogP contribution in [-0.4, -0.2) is 40.8 Å². The fourth-order valence-corrected chi connectivity index (χ4v) is 5.07. The number of rotatable bonds is 2. The molecule has 1 aliphatic carbocycles. The topological polar surface area (TPSA) is 116 Å². The van der Waals surface area contributed by atoms with Crippen molar-refractivity contribution in [2.45, 2.75) is 18.7 Å². The SMILES string of the molecule is CC1(C)C2CN(S(=O)(=O)c3cnc4[nH]c(=O)[nH]c(=O)c4c3)CC21. The maximum Gasteiger partial charge on any atom is 0.327 e. The molecule has 4 rings (SSSR count). The molecular weight excluding hydrogens is 320 g/mol. The van der Waals surface area contributed by atoms with E-state index in [9.17, 15) is 18.0 Å². The Bertz CT molecular complexity index is 1020. The predicted octanol–water partition coefficient (Wildman–Crippen LogP) is -0.112. The third-order valence-electron chi connectivity index (χ3n) is 5.29. The van der Waals surface area contributed by atoms with Gasteiger partial charge >= 0.3 is 5.69 Å². The molecule has 2 aromatic heterocycles. The molecule has 0 spiro atoms. The lowest BCUT2D eigenvalue weighted by molar-refractivity contribution is 0.364. The fourth-order valence-electron chi connectivity index (χ4n) is 3.61. The zero-order valence-corrected chi connectivity index (χ0v) is 13.5. The van der Waals surface area contributed by atoms with Crippen LogP contribution in [0.2, 0.25) is 0 Å². The van der Waals surface area contributed by atoms with Gasteiger partial charge in [0.2, 0.25) is 10.0 Å². The number of nitrogens with one attached hydrogen (secondary N) is 2. The third-order valence-corrected chi connectivity index (χ3v) is 7.09. The largest absolute Gasteiger partial charge is 0.327 e. The molecule has 3 heterocycles. The van der Waals surface area contributed by atoms with Gasteiger partial charge in [-0.1, -0.05) is 13.8 Å². The monoisotopic (exact) mass is 336 g/mol. The van der Waals surface area contributed by atoms with Crippen LogP contribution in [-0.2, 0) is 10.0 Å². The summed E-state index contributed by atoms with van der Waals surface area (Å²) in [5.74, 6) is 0.788. The van der Waals surface area contributed by atoms with Crippen molar-refractivity contribution in [1.29, 1.82) is 0 Å². The Kier molecular flexibility index (Phi) is 2.72. The van der Waals surface area contributed by atoms with Crippen LogP contribution in [0, 0.1) is 17.3 Å². The number of piperidine rings is 1. The zero-order chi connectivity index (χ0) is 16.6.